The third kappa shape index (κ3) is 44.2. The van der Waals surface area contributed by atoms with Gasteiger partial charge in [0, 0.05) is 19.3 Å². The maximum atomic E-state index is 12.8. The van der Waals surface area contributed by atoms with Crippen LogP contribution >= 0.6 is 0 Å². The first-order valence-electron chi connectivity index (χ1n) is 26.3. The normalized spacial score (nSPS) is 13.3. The summed E-state index contributed by atoms with van der Waals surface area (Å²) in [5.41, 5.74) is 0. The highest BCUT2D eigenvalue weighted by atomic mass is 16.6. The van der Waals surface area contributed by atoms with Gasteiger partial charge in [0.1, 0.15) is 6.61 Å². The number of carboxylic acid groups (broad SMARTS) is 1. The molecule has 2 unspecified atom stereocenters. The van der Waals surface area contributed by atoms with Crippen molar-refractivity contribution in [3.8, 4) is 0 Å². The van der Waals surface area contributed by atoms with Crippen LogP contribution in [0.2, 0.25) is 0 Å². The van der Waals surface area contributed by atoms with Crippen molar-refractivity contribution in [2.45, 2.75) is 238 Å². The molecule has 64 heavy (non-hydrogen) atoms. The molecule has 1 N–H and O–H groups in total. The van der Waals surface area contributed by atoms with Gasteiger partial charge in [-0.25, -0.2) is 4.79 Å². The van der Waals surface area contributed by atoms with Crippen molar-refractivity contribution in [3.63, 3.8) is 0 Å². The van der Waals surface area contributed by atoms with Gasteiger partial charge in [0.25, 0.3) is 0 Å². The molecule has 0 aromatic heterocycles. The van der Waals surface area contributed by atoms with Crippen LogP contribution < -0.4 is 0 Å². The number of rotatable bonds is 47. The predicted octanol–water partition coefficient (Wildman–Crippen LogP) is 15.3. The highest BCUT2D eigenvalue weighted by Gasteiger charge is 2.31. The number of nitrogens with zero attached hydrogens (tertiary/aromatic N) is 1. The third-order valence-electron chi connectivity index (χ3n) is 11.7. The van der Waals surface area contributed by atoms with E-state index in [1.165, 1.54) is 116 Å². The van der Waals surface area contributed by atoms with Crippen LogP contribution in [0.25, 0.3) is 0 Å². The van der Waals surface area contributed by atoms with Crippen molar-refractivity contribution in [1.82, 2.24) is 0 Å². The average molecular weight is 899 g/mol. The second-order valence-electron chi connectivity index (χ2n) is 18.7. The van der Waals surface area contributed by atoms with Gasteiger partial charge in [0.2, 0.25) is 0 Å². The zero-order valence-electron chi connectivity index (χ0n) is 42.2. The van der Waals surface area contributed by atoms with Gasteiger partial charge >= 0.3 is 17.9 Å². The van der Waals surface area contributed by atoms with Gasteiger partial charge in [-0.1, -0.05) is 190 Å². The first-order valence-corrected chi connectivity index (χ1v) is 26.3. The number of ether oxygens (including phenoxy) is 3. The first-order chi connectivity index (χ1) is 31.1. The van der Waals surface area contributed by atoms with Crippen LogP contribution in [0.5, 0.6) is 0 Å². The number of hydrogen-bond donors (Lipinski definition) is 1. The summed E-state index contributed by atoms with van der Waals surface area (Å²) in [5.74, 6) is -1.48. The van der Waals surface area contributed by atoms with Crippen molar-refractivity contribution in [3.05, 3.63) is 60.8 Å². The molecule has 0 bridgehead atoms. The Balaban J connectivity index is 4.26. The molecule has 0 radical (unpaired) electrons. The van der Waals surface area contributed by atoms with Crippen LogP contribution in [0.3, 0.4) is 0 Å². The Morgan fingerprint density at radius 3 is 1.31 bits per heavy atom. The minimum absolute atomic E-state index is 0.0541. The Labute approximate surface area is 394 Å². The number of carboxylic acids is 1. The highest BCUT2D eigenvalue weighted by Crippen LogP contribution is 2.15. The van der Waals surface area contributed by atoms with Crippen LogP contribution in [0.4, 0.5) is 0 Å². The van der Waals surface area contributed by atoms with E-state index < -0.39 is 18.1 Å². The lowest BCUT2D eigenvalue weighted by atomic mass is 10.1. The molecular weight excluding hydrogens is 799 g/mol. The van der Waals surface area contributed by atoms with Gasteiger partial charge in [0.15, 0.2) is 12.1 Å². The molecule has 0 aromatic carbocycles. The summed E-state index contributed by atoms with van der Waals surface area (Å²) in [6.45, 7) is 4.63. The van der Waals surface area contributed by atoms with Crippen molar-refractivity contribution in [1.29, 1.82) is 0 Å². The number of likely N-dealkylation sites (N-methyl/N-ethyl adjacent to an activating group) is 1. The fourth-order valence-electron chi connectivity index (χ4n) is 7.61. The first kappa shape index (κ1) is 61.0. The third-order valence-corrected chi connectivity index (χ3v) is 11.7. The van der Waals surface area contributed by atoms with E-state index in [-0.39, 0.29) is 36.2 Å². The molecule has 0 amide bonds. The summed E-state index contributed by atoms with van der Waals surface area (Å²) in [5, 5.41) is 9.66. The summed E-state index contributed by atoms with van der Waals surface area (Å²) in [6.07, 6.45) is 58.4. The van der Waals surface area contributed by atoms with Crippen molar-refractivity contribution < 1.29 is 38.2 Å². The Hall–Kier alpha value is -2.97. The fraction of sp³-hybridized carbons (Fsp3) is 0.768. The number of allylic oxidation sites excluding steroid dienone is 10. The number of carbonyl (C=O) groups excluding carboxylic acids is 2. The number of unbranched alkanes of at least 4 members (excludes halogenated alkanes) is 23. The van der Waals surface area contributed by atoms with Gasteiger partial charge in [-0.3, -0.25) is 9.59 Å². The van der Waals surface area contributed by atoms with Crippen LogP contribution in [0, 0.1) is 0 Å². The van der Waals surface area contributed by atoms with Crippen LogP contribution in [-0.4, -0.2) is 80.6 Å². The largest absolute Gasteiger partial charge is 0.477 e. The molecule has 0 rings (SSSR count). The molecule has 0 aliphatic carbocycles. The number of aliphatic carboxylic acids is 1. The molecule has 8 heteroatoms. The monoisotopic (exact) mass is 899 g/mol. The summed E-state index contributed by atoms with van der Waals surface area (Å²) in [6, 6.07) is -0.620. The molecule has 370 valence electrons. The summed E-state index contributed by atoms with van der Waals surface area (Å²) in [4.78, 5) is 37.2. The fourth-order valence-corrected chi connectivity index (χ4v) is 7.61. The van der Waals surface area contributed by atoms with Gasteiger partial charge in [-0.2, -0.15) is 0 Å². The van der Waals surface area contributed by atoms with Crippen LogP contribution in [0.1, 0.15) is 226 Å². The zero-order valence-corrected chi connectivity index (χ0v) is 42.2. The summed E-state index contributed by atoms with van der Waals surface area (Å²) in [7, 11) is 5.53. The molecule has 0 heterocycles. The number of quaternary nitrogens is 1. The smallest absolute Gasteiger partial charge is 0.362 e. The molecule has 0 spiro atoms. The molecule has 2 atom stereocenters. The van der Waals surface area contributed by atoms with E-state index >= 15 is 0 Å². The van der Waals surface area contributed by atoms with Crippen LogP contribution in [-0.2, 0) is 28.6 Å². The van der Waals surface area contributed by atoms with Gasteiger partial charge in [-0.05, 0) is 77.0 Å². The molecule has 0 saturated carbocycles. The van der Waals surface area contributed by atoms with Crippen molar-refractivity contribution >= 4 is 17.9 Å². The molecule has 8 nitrogen and oxygen atoms in total. The standard InChI is InChI=1S/C56H99NO7/c1-6-8-10-12-14-16-18-20-22-24-26-28-30-32-34-36-38-40-42-44-46-54(58)63-51-52(50-62-49-48-53(56(60)61)57(3,4)5)64-55(59)47-45-43-41-39-37-35-33-31-29-27-25-23-21-19-17-15-13-11-9-7-2/h9,11,15,17,21,23,26-29,52-53H,6-8,10,12-14,16,18-20,22,24-25,30-51H2,1-5H3/p+1/b11-9+,17-15+,23-21+,28-26+,29-27+. The Morgan fingerprint density at radius 2 is 0.875 bits per heavy atom. The zero-order chi connectivity index (χ0) is 47.0. The van der Waals surface area contributed by atoms with Crippen LogP contribution in [0.15, 0.2) is 60.8 Å². The van der Waals surface area contributed by atoms with Gasteiger partial charge in [0.05, 0.1) is 34.4 Å². The predicted molar refractivity (Wildman–Crippen MR) is 271 cm³/mol. The second-order valence-corrected chi connectivity index (χ2v) is 18.7. The van der Waals surface area contributed by atoms with Gasteiger partial charge in [-0.15, -0.1) is 0 Å². The number of hydrogen-bond acceptors (Lipinski definition) is 6. The lowest BCUT2D eigenvalue weighted by molar-refractivity contribution is -0.887. The molecule has 0 aliphatic rings. The lowest BCUT2D eigenvalue weighted by Gasteiger charge is -2.31. The molecule has 0 aromatic rings. The highest BCUT2D eigenvalue weighted by molar-refractivity contribution is 5.72. The van der Waals surface area contributed by atoms with E-state index in [2.05, 4.69) is 74.6 Å². The molecule has 0 saturated heterocycles. The van der Waals surface area contributed by atoms with Crippen molar-refractivity contribution in [2.24, 2.45) is 0 Å². The minimum atomic E-state index is -0.878. The molecular formula is C56H100NO7+. The quantitative estimate of drug-likeness (QED) is 0.0281. The minimum Gasteiger partial charge on any atom is -0.477 e. The average Bonchev–Trinajstić information content (AvgIpc) is 3.26. The summed E-state index contributed by atoms with van der Waals surface area (Å²) < 4.78 is 17.4. The Kier molecular flexibility index (Phi) is 44.4. The Morgan fingerprint density at radius 1 is 0.484 bits per heavy atom. The van der Waals surface area contributed by atoms with E-state index in [1.807, 2.05) is 21.1 Å². The number of esters is 2. The molecule has 0 aliphatic heterocycles. The number of carbonyl (C=O) groups is 3. The maximum Gasteiger partial charge on any atom is 0.362 e. The Bertz CT molecular complexity index is 1230. The van der Waals surface area contributed by atoms with E-state index in [0.29, 0.717) is 19.3 Å². The lowest BCUT2D eigenvalue weighted by Crippen LogP contribution is -2.50. The van der Waals surface area contributed by atoms with Crippen molar-refractivity contribution in [2.75, 3.05) is 41.0 Å². The maximum absolute atomic E-state index is 12.8. The SMILES string of the molecule is CC/C=C/C/C=C/C/C=C/C/C=C/CCCCCCCCCC(=O)OC(COCCC(C(=O)O)[N+](C)(C)C)COC(=O)CCCCCCCCC/C=C/CCCCCCCCCCC. The topological polar surface area (TPSA) is 99.1 Å². The van der Waals surface area contributed by atoms with E-state index in [9.17, 15) is 19.5 Å². The van der Waals surface area contributed by atoms with E-state index in [1.54, 1.807) is 0 Å². The van der Waals surface area contributed by atoms with E-state index in [4.69, 9.17) is 14.2 Å². The molecule has 0 fully saturated rings. The second kappa shape index (κ2) is 46.6. The van der Waals surface area contributed by atoms with Gasteiger partial charge < -0.3 is 23.8 Å². The van der Waals surface area contributed by atoms with E-state index in [0.717, 1.165) is 77.0 Å². The summed E-state index contributed by atoms with van der Waals surface area (Å²) >= 11 is 0.